The SMILES string of the molecule is CC(C)NC(=S)NN=Cc1cc2c(cc1[N+](=O)[O-])OCO2. The molecule has 112 valence electrons. The predicted molar refractivity (Wildman–Crippen MR) is 80.8 cm³/mol. The minimum atomic E-state index is -0.506. The first kappa shape index (κ1) is 15.0. The van der Waals surface area contributed by atoms with Crippen molar-refractivity contribution in [2.24, 2.45) is 5.10 Å². The molecule has 0 bridgehead atoms. The van der Waals surface area contributed by atoms with Crippen molar-refractivity contribution in [3.8, 4) is 11.5 Å². The minimum absolute atomic E-state index is 0.0493. The van der Waals surface area contributed by atoms with E-state index in [1.54, 1.807) is 0 Å². The minimum Gasteiger partial charge on any atom is -0.454 e. The number of rotatable bonds is 4. The smallest absolute Gasteiger partial charge is 0.282 e. The Balaban J connectivity index is 2.15. The van der Waals surface area contributed by atoms with Crippen LogP contribution < -0.4 is 20.2 Å². The number of nitrogens with one attached hydrogen (secondary N) is 2. The van der Waals surface area contributed by atoms with Gasteiger partial charge in [-0.3, -0.25) is 15.5 Å². The van der Waals surface area contributed by atoms with Gasteiger partial charge in [0.2, 0.25) is 6.79 Å². The van der Waals surface area contributed by atoms with Crippen LogP contribution in [0.4, 0.5) is 5.69 Å². The molecule has 0 fully saturated rings. The Morgan fingerprint density at radius 1 is 1.48 bits per heavy atom. The Hall–Kier alpha value is -2.42. The number of fused-ring (bicyclic) bond motifs is 1. The summed E-state index contributed by atoms with van der Waals surface area (Å²) in [5.41, 5.74) is 2.77. The average molecular weight is 310 g/mol. The van der Waals surface area contributed by atoms with Crippen molar-refractivity contribution in [3.05, 3.63) is 27.8 Å². The fourth-order valence-electron chi connectivity index (χ4n) is 1.66. The lowest BCUT2D eigenvalue weighted by Crippen LogP contribution is -2.36. The predicted octanol–water partition coefficient (Wildman–Crippen LogP) is 1.53. The molecule has 1 aliphatic rings. The van der Waals surface area contributed by atoms with Crippen molar-refractivity contribution in [2.75, 3.05) is 6.79 Å². The number of ether oxygens (including phenoxy) is 2. The second-order valence-electron chi connectivity index (χ2n) is 4.52. The summed E-state index contributed by atoms with van der Waals surface area (Å²) in [7, 11) is 0. The van der Waals surface area contributed by atoms with Crippen LogP contribution in [0.5, 0.6) is 11.5 Å². The van der Waals surface area contributed by atoms with Crippen molar-refractivity contribution in [1.82, 2.24) is 10.7 Å². The fourth-order valence-corrected chi connectivity index (χ4v) is 1.95. The van der Waals surface area contributed by atoms with Gasteiger partial charge in [0.15, 0.2) is 16.6 Å². The van der Waals surface area contributed by atoms with Crippen LogP contribution in [0.3, 0.4) is 0 Å². The van der Waals surface area contributed by atoms with E-state index >= 15 is 0 Å². The lowest BCUT2D eigenvalue weighted by molar-refractivity contribution is -0.385. The average Bonchev–Trinajstić information content (AvgIpc) is 2.83. The molecule has 0 spiro atoms. The van der Waals surface area contributed by atoms with Gasteiger partial charge in [0.25, 0.3) is 5.69 Å². The highest BCUT2D eigenvalue weighted by molar-refractivity contribution is 7.80. The summed E-state index contributed by atoms with van der Waals surface area (Å²) in [5.74, 6) is 0.800. The number of thiocarbonyl (C=S) groups is 1. The Kier molecular flexibility index (Phi) is 4.53. The van der Waals surface area contributed by atoms with Gasteiger partial charge in [0.1, 0.15) is 0 Å². The molecule has 0 saturated heterocycles. The number of hydrazone groups is 1. The Morgan fingerprint density at radius 3 is 2.76 bits per heavy atom. The van der Waals surface area contributed by atoms with E-state index in [0.29, 0.717) is 22.2 Å². The highest BCUT2D eigenvalue weighted by Gasteiger charge is 2.22. The van der Waals surface area contributed by atoms with Gasteiger partial charge in [-0.25, -0.2) is 0 Å². The first-order valence-corrected chi connectivity index (χ1v) is 6.56. The monoisotopic (exact) mass is 310 g/mol. The molecule has 0 aromatic heterocycles. The summed E-state index contributed by atoms with van der Waals surface area (Å²) in [5, 5.41) is 18.2. The van der Waals surface area contributed by atoms with E-state index in [9.17, 15) is 10.1 Å². The molecule has 0 saturated carbocycles. The molecule has 1 aromatic rings. The van der Waals surface area contributed by atoms with Crippen LogP contribution in [0.2, 0.25) is 0 Å². The second kappa shape index (κ2) is 6.35. The zero-order chi connectivity index (χ0) is 15.4. The molecule has 0 amide bonds. The zero-order valence-electron chi connectivity index (χ0n) is 11.5. The number of benzene rings is 1. The van der Waals surface area contributed by atoms with E-state index in [1.165, 1.54) is 18.3 Å². The molecule has 9 heteroatoms. The topological polar surface area (TPSA) is 98.0 Å². The molecule has 0 radical (unpaired) electrons. The molecule has 1 aromatic carbocycles. The standard InChI is InChI=1S/C12H14N4O4S/c1-7(2)14-12(21)15-13-5-8-3-10-11(20-6-19-10)4-9(8)16(17)18/h3-5,7H,6H2,1-2H3,(H2,14,15,21). The first-order valence-electron chi connectivity index (χ1n) is 6.15. The van der Waals surface area contributed by atoms with E-state index in [4.69, 9.17) is 21.7 Å². The maximum Gasteiger partial charge on any atom is 0.282 e. The maximum absolute atomic E-state index is 11.1. The number of hydrogen-bond donors (Lipinski definition) is 2. The van der Waals surface area contributed by atoms with Crippen LogP contribution in [0.1, 0.15) is 19.4 Å². The van der Waals surface area contributed by atoms with Crippen molar-refractivity contribution in [2.45, 2.75) is 19.9 Å². The molecule has 2 N–H and O–H groups in total. The van der Waals surface area contributed by atoms with Gasteiger partial charge in [-0.1, -0.05) is 0 Å². The lowest BCUT2D eigenvalue weighted by atomic mass is 10.1. The third-order valence-corrected chi connectivity index (χ3v) is 2.72. The number of nitro groups is 1. The van der Waals surface area contributed by atoms with Crippen LogP contribution in [0.25, 0.3) is 0 Å². The third-order valence-electron chi connectivity index (χ3n) is 2.51. The van der Waals surface area contributed by atoms with Gasteiger partial charge in [0.05, 0.1) is 22.8 Å². The first-order chi connectivity index (χ1) is 9.97. The van der Waals surface area contributed by atoms with Crippen LogP contribution in [-0.2, 0) is 0 Å². The number of nitro benzene ring substituents is 1. The molecule has 21 heavy (non-hydrogen) atoms. The number of nitrogens with zero attached hydrogens (tertiary/aromatic N) is 2. The van der Waals surface area contributed by atoms with E-state index in [0.717, 1.165) is 0 Å². The van der Waals surface area contributed by atoms with Crippen LogP contribution >= 0.6 is 12.2 Å². The molecule has 0 aliphatic carbocycles. The van der Waals surface area contributed by atoms with E-state index in [2.05, 4.69) is 15.8 Å². The molecule has 1 aliphatic heterocycles. The molecular weight excluding hydrogens is 296 g/mol. The van der Waals surface area contributed by atoms with Crippen LogP contribution in [0.15, 0.2) is 17.2 Å². The van der Waals surface area contributed by atoms with Crippen molar-refractivity contribution < 1.29 is 14.4 Å². The number of hydrogen-bond acceptors (Lipinski definition) is 6. The van der Waals surface area contributed by atoms with Gasteiger partial charge in [0, 0.05) is 6.04 Å². The molecule has 2 rings (SSSR count). The summed E-state index contributed by atoms with van der Waals surface area (Å²) in [4.78, 5) is 10.5. The summed E-state index contributed by atoms with van der Waals surface area (Å²) in [6.45, 7) is 3.91. The van der Waals surface area contributed by atoms with Crippen LogP contribution in [0, 0.1) is 10.1 Å². The fraction of sp³-hybridized carbons (Fsp3) is 0.333. The van der Waals surface area contributed by atoms with Gasteiger partial charge in [-0.05, 0) is 32.1 Å². The van der Waals surface area contributed by atoms with Gasteiger partial charge in [-0.15, -0.1) is 0 Å². The summed E-state index contributed by atoms with van der Waals surface area (Å²) in [6, 6.07) is 2.99. The van der Waals surface area contributed by atoms with Crippen LogP contribution in [-0.4, -0.2) is 29.1 Å². The normalized spacial score (nSPS) is 12.7. The molecule has 8 nitrogen and oxygen atoms in total. The third kappa shape index (κ3) is 3.78. The van der Waals surface area contributed by atoms with Gasteiger partial charge >= 0.3 is 0 Å². The summed E-state index contributed by atoms with van der Waals surface area (Å²) in [6.07, 6.45) is 1.31. The Morgan fingerprint density at radius 2 is 2.14 bits per heavy atom. The van der Waals surface area contributed by atoms with Crippen molar-refractivity contribution >= 4 is 29.2 Å². The lowest BCUT2D eigenvalue weighted by Gasteiger charge is -2.09. The Bertz CT molecular complexity index is 603. The molecule has 0 atom stereocenters. The second-order valence-corrected chi connectivity index (χ2v) is 4.93. The van der Waals surface area contributed by atoms with Crippen molar-refractivity contribution in [1.29, 1.82) is 0 Å². The zero-order valence-corrected chi connectivity index (χ0v) is 12.3. The highest BCUT2D eigenvalue weighted by Crippen LogP contribution is 2.37. The van der Waals surface area contributed by atoms with E-state index in [1.807, 2.05) is 13.8 Å². The highest BCUT2D eigenvalue weighted by atomic mass is 32.1. The van der Waals surface area contributed by atoms with Gasteiger partial charge < -0.3 is 14.8 Å². The summed E-state index contributed by atoms with van der Waals surface area (Å²) < 4.78 is 10.3. The molecular formula is C12H14N4O4S. The van der Waals surface area contributed by atoms with E-state index in [-0.39, 0.29) is 18.5 Å². The largest absolute Gasteiger partial charge is 0.454 e. The maximum atomic E-state index is 11.1. The van der Waals surface area contributed by atoms with Gasteiger partial charge in [-0.2, -0.15) is 5.10 Å². The van der Waals surface area contributed by atoms with E-state index < -0.39 is 4.92 Å². The summed E-state index contributed by atoms with van der Waals surface area (Å²) >= 11 is 4.99. The Labute approximate surface area is 126 Å². The molecule has 0 unspecified atom stereocenters. The molecule has 1 heterocycles. The quantitative estimate of drug-likeness (QED) is 0.376. The van der Waals surface area contributed by atoms with Crippen molar-refractivity contribution in [3.63, 3.8) is 0 Å².